The van der Waals surface area contributed by atoms with Crippen LogP contribution in [-0.2, 0) is 0 Å². The fraction of sp³-hybridized carbons (Fsp3) is 0.0250. The topological polar surface area (TPSA) is 47.6 Å². The van der Waals surface area contributed by atoms with Crippen LogP contribution in [0.5, 0.6) is 0 Å². The Morgan fingerprint density at radius 1 is 0.432 bits per heavy atom. The molecular formula is C40H33N2P2+. The summed E-state index contributed by atoms with van der Waals surface area (Å²) in [6, 6.07) is 67.3. The van der Waals surface area contributed by atoms with Crippen molar-refractivity contribution in [3.8, 4) is 12.1 Å². The third-order valence-corrected chi connectivity index (χ3v) is 15.6. The summed E-state index contributed by atoms with van der Waals surface area (Å²) in [4.78, 5) is 0. The summed E-state index contributed by atoms with van der Waals surface area (Å²) in [5.74, 6) is 1.84. The van der Waals surface area contributed by atoms with Gasteiger partial charge in [-0.3, -0.25) is 0 Å². The molecule has 0 aliphatic rings. The second kappa shape index (κ2) is 15.0. The maximum Gasteiger partial charge on any atom is 0.159 e. The lowest BCUT2D eigenvalue weighted by Gasteiger charge is -2.27. The van der Waals surface area contributed by atoms with Gasteiger partial charge in [0.2, 0.25) is 0 Å². The molecule has 0 aliphatic carbocycles. The first kappa shape index (κ1) is 30.5. The number of nitriles is 2. The smallest absolute Gasteiger partial charge is 0.159 e. The highest BCUT2D eigenvalue weighted by atomic mass is 31.2. The summed E-state index contributed by atoms with van der Waals surface area (Å²) >= 11 is 0. The molecule has 6 aromatic carbocycles. The van der Waals surface area contributed by atoms with E-state index in [1.807, 2.05) is 78.6 Å². The van der Waals surface area contributed by atoms with Gasteiger partial charge in [-0.25, -0.2) is 0 Å². The first-order valence-corrected chi connectivity index (χ1v) is 18.3. The van der Waals surface area contributed by atoms with Gasteiger partial charge in [0.25, 0.3) is 0 Å². The lowest BCUT2D eigenvalue weighted by atomic mass is 10.4. The fourth-order valence-electron chi connectivity index (χ4n) is 5.62. The standard InChI is InChI=1S/C20H17NP.C20H16NP/c2*21-16-17-22(18-10-4-1-5-11-18,19-12-6-2-7-13-19)20-14-8-3-9-15-20/h1-15H,17H2;1-15,17H/q+1;. The Labute approximate surface area is 261 Å². The van der Waals surface area contributed by atoms with Crippen LogP contribution in [-0.4, -0.2) is 12.0 Å². The monoisotopic (exact) mass is 603 g/mol. The molecule has 0 saturated heterocycles. The summed E-state index contributed by atoms with van der Waals surface area (Å²) in [6.07, 6.45) is 0.519. The molecule has 0 spiro atoms. The van der Waals surface area contributed by atoms with Crippen LogP contribution in [0.1, 0.15) is 0 Å². The minimum Gasteiger partial charge on any atom is -0.194 e. The average molecular weight is 604 g/mol. The van der Waals surface area contributed by atoms with Crippen LogP contribution in [0.25, 0.3) is 0 Å². The fourth-order valence-corrected chi connectivity index (χ4v) is 12.8. The molecule has 0 aliphatic heterocycles. The van der Waals surface area contributed by atoms with Crippen molar-refractivity contribution in [1.82, 2.24) is 0 Å². The predicted octanol–water partition coefficient (Wildman–Crippen LogP) is 6.81. The van der Waals surface area contributed by atoms with Crippen molar-refractivity contribution in [3.05, 3.63) is 182 Å². The molecule has 0 atom stereocenters. The van der Waals surface area contributed by atoms with E-state index in [0.717, 1.165) is 0 Å². The second-order valence-electron chi connectivity index (χ2n) is 10.1. The van der Waals surface area contributed by atoms with E-state index in [2.05, 4.69) is 121 Å². The van der Waals surface area contributed by atoms with Crippen LogP contribution < -0.4 is 31.8 Å². The van der Waals surface area contributed by atoms with Gasteiger partial charge in [-0.1, -0.05) is 146 Å². The average Bonchev–Trinajstić information content (AvgIpc) is 3.12. The molecular weight excluding hydrogens is 570 g/mol. The van der Waals surface area contributed by atoms with E-state index >= 15 is 0 Å². The molecule has 0 fully saturated rings. The summed E-state index contributed by atoms with van der Waals surface area (Å²) < 4.78 is 0. The Balaban J connectivity index is 0.000000175. The highest BCUT2D eigenvalue weighted by molar-refractivity contribution is 7.96. The first-order chi connectivity index (χ1) is 21.8. The Morgan fingerprint density at radius 2 is 0.705 bits per heavy atom. The third kappa shape index (κ3) is 6.35. The van der Waals surface area contributed by atoms with Crippen molar-refractivity contribution >= 4 is 51.8 Å². The van der Waals surface area contributed by atoms with Gasteiger partial charge in [-0.2, -0.15) is 10.5 Å². The van der Waals surface area contributed by atoms with Crippen molar-refractivity contribution in [2.45, 2.75) is 0 Å². The van der Waals surface area contributed by atoms with E-state index in [1.54, 1.807) is 0 Å². The lowest BCUT2D eigenvalue weighted by Crippen LogP contribution is -2.32. The van der Waals surface area contributed by atoms with Gasteiger partial charge in [-0.15, -0.1) is 0 Å². The Bertz CT molecular complexity index is 1680. The molecule has 4 heteroatoms. The van der Waals surface area contributed by atoms with Crippen LogP contribution in [0.15, 0.2) is 182 Å². The minimum atomic E-state index is -2.04. The summed E-state index contributed by atoms with van der Waals surface area (Å²) in [5, 5.41) is 26.5. The Kier molecular flexibility index (Phi) is 10.4. The normalized spacial score (nSPS) is 10.8. The third-order valence-electron chi connectivity index (χ3n) is 7.64. The first-order valence-electron chi connectivity index (χ1n) is 14.5. The van der Waals surface area contributed by atoms with Crippen LogP contribution in [0.2, 0.25) is 0 Å². The van der Waals surface area contributed by atoms with Crippen LogP contribution >= 0.6 is 14.1 Å². The molecule has 0 bridgehead atoms. The van der Waals surface area contributed by atoms with Gasteiger partial charge < -0.3 is 0 Å². The quantitative estimate of drug-likeness (QED) is 0.188. The second-order valence-corrected chi connectivity index (χ2v) is 16.9. The highest BCUT2D eigenvalue weighted by Gasteiger charge is 2.45. The Morgan fingerprint density at radius 3 is 0.955 bits per heavy atom. The predicted molar refractivity (Wildman–Crippen MR) is 192 cm³/mol. The molecule has 0 saturated carbocycles. The van der Waals surface area contributed by atoms with Crippen molar-refractivity contribution in [1.29, 1.82) is 10.5 Å². The van der Waals surface area contributed by atoms with Crippen LogP contribution in [0.3, 0.4) is 0 Å². The number of nitrogens with zero attached hydrogens (tertiary/aromatic N) is 2. The molecule has 2 nitrogen and oxygen atoms in total. The van der Waals surface area contributed by atoms with E-state index in [9.17, 15) is 10.5 Å². The highest BCUT2D eigenvalue weighted by Crippen LogP contribution is 2.54. The lowest BCUT2D eigenvalue weighted by molar-refractivity contribution is 1.48. The zero-order valence-electron chi connectivity index (χ0n) is 24.4. The summed E-state index contributed by atoms with van der Waals surface area (Å²) in [7, 11) is -1.91. The zero-order chi connectivity index (χ0) is 30.5. The van der Waals surface area contributed by atoms with Crippen molar-refractivity contribution in [3.63, 3.8) is 0 Å². The van der Waals surface area contributed by atoms with Crippen LogP contribution in [0, 0.1) is 22.7 Å². The molecule has 6 aromatic rings. The van der Waals surface area contributed by atoms with Crippen LogP contribution in [0.4, 0.5) is 0 Å². The molecule has 0 unspecified atom stereocenters. The minimum absolute atomic E-state index is 0.519. The Hall–Kier alpha value is -4.97. The molecule has 0 radical (unpaired) electrons. The molecule has 44 heavy (non-hydrogen) atoms. The van der Waals surface area contributed by atoms with E-state index in [-0.39, 0.29) is 0 Å². The largest absolute Gasteiger partial charge is 0.194 e. The SMILES string of the molecule is N#CC=P(c1ccccc1)(c1ccccc1)c1ccccc1.N#CC[P+](c1ccccc1)(c1ccccc1)c1ccccc1. The van der Waals surface area contributed by atoms with E-state index < -0.39 is 14.1 Å². The maximum atomic E-state index is 9.56. The van der Waals surface area contributed by atoms with E-state index in [1.165, 1.54) is 31.8 Å². The summed E-state index contributed by atoms with van der Waals surface area (Å²) in [5.41, 5.74) is 0. The van der Waals surface area contributed by atoms with Gasteiger partial charge in [0.1, 0.15) is 29.2 Å². The molecule has 0 aromatic heterocycles. The molecule has 0 amide bonds. The number of hydrogen-bond donors (Lipinski definition) is 0. The van der Waals surface area contributed by atoms with Crippen molar-refractivity contribution < 1.29 is 0 Å². The van der Waals surface area contributed by atoms with E-state index in [4.69, 9.17) is 0 Å². The molecule has 6 rings (SSSR count). The zero-order valence-corrected chi connectivity index (χ0v) is 26.2. The number of rotatable bonds is 7. The number of benzene rings is 6. The van der Waals surface area contributed by atoms with Gasteiger partial charge in [0.05, 0.1) is 6.07 Å². The molecule has 212 valence electrons. The molecule has 0 N–H and O–H groups in total. The van der Waals surface area contributed by atoms with Gasteiger partial charge in [0, 0.05) is 5.80 Å². The molecule has 0 heterocycles. The van der Waals surface area contributed by atoms with Crippen molar-refractivity contribution in [2.24, 2.45) is 0 Å². The van der Waals surface area contributed by atoms with Gasteiger partial charge >= 0.3 is 0 Å². The summed E-state index contributed by atoms with van der Waals surface area (Å²) in [6.45, 7) is -2.04. The van der Waals surface area contributed by atoms with Crippen molar-refractivity contribution in [2.75, 3.05) is 6.16 Å². The maximum absolute atomic E-state index is 9.56. The number of hydrogen-bond acceptors (Lipinski definition) is 2. The van der Waals surface area contributed by atoms with Gasteiger partial charge in [0.15, 0.2) is 6.16 Å². The van der Waals surface area contributed by atoms with E-state index in [0.29, 0.717) is 6.16 Å². The van der Waals surface area contributed by atoms with Gasteiger partial charge in [-0.05, 0) is 59.2 Å².